The van der Waals surface area contributed by atoms with Gasteiger partial charge < -0.3 is 9.47 Å². The van der Waals surface area contributed by atoms with Crippen LogP contribution in [0.15, 0.2) is 23.3 Å². The van der Waals surface area contributed by atoms with E-state index in [9.17, 15) is 9.59 Å². The lowest BCUT2D eigenvalue weighted by Gasteiger charge is -2.03. The zero-order valence-corrected chi connectivity index (χ0v) is 9.49. The molecule has 0 aromatic heterocycles. The van der Waals surface area contributed by atoms with Crippen LogP contribution in [0.1, 0.15) is 20.3 Å². The Balaban J connectivity index is 4.73. The van der Waals surface area contributed by atoms with Crippen molar-refractivity contribution in [2.75, 3.05) is 14.2 Å². The minimum absolute atomic E-state index is 0.0764. The van der Waals surface area contributed by atoms with E-state index in [-0.39, 0.29) is 12.0 Å². The molecule has 0 heterocycles. The zero-order chi connectivity index (χ0) is 11.8. The summed E-state index contributed by atoms with van der Waals surface area (Å²) in [4.78, 5) is 22.2. The van der Waals surface area contributed by atoms with Gasteiger partial charge in [-0.1, -0.05) is 17.7 Å². The van der Waals surface area contributed by atoms with Crippen molar-refractivity contribution in [3.8, 4) is 0 Å². The molecule has 4 nitrogen and oxygen atoms in total. The molecule has 0 radical (unpaired) electrons. The Labute approximate surface area is 89.6 Å². The van der Waals surface area contributed by atoms with Crippen LogP contribution in [0.4, 0.5) is 0 Å². The number of rotatable bonds is 4. The van der Waals surface area contributed by atoms with Gasteiger partial charge in [0.05, 0.1) is 20.6 Å². The van der Waals surface area contributed by atoms with Crippen molar-refractivity contribution in [1.29, 1.82) is 0 Å². The van der Waals surface area contributed by atoms with Crippen LogP contribution in [-0.2, 0) is 19.1 Å². The molecule has 0 saturated carbocycles. The highest BCUT2D eigenvalue weighted by Crippen LogP contribution is 2.06. The highest BCUT2D eigenvalue weighted by atomic mass is 16.5. The Bertz CT molecular complexity index is 296. The summed E-state index contributed by atoms with van der Waals surface area (Å²) in [6, 6.07) is 0. The molecular formula is C11H16O4. The van der Waals surface area contributed by atoms with Crippen LogP contribution in [0.5, 0.6) is 0 Å². The smallest absolute Gasteiger partial charge is 0.334 e. The molecule has 0 aliphatic rings. The molecule has 0 aliphatic heterocycles. The van der Waals surface area contributed by atoms with Gasteiger partial charge in [0.25, 0.3) is 0 Å². The summed E-state index contributed by atoms with van der Waals surface area (Å²) in [6.07, 6.45) is 3.24. The number of methoxy groups -OCH3 is 2. The van der Waals surface area contributed by atoms with E-state index in [4.69, 9.17) is 0 Å². The van der Waals surface area contributed by atoms with Gasteiger partial charge in [-0.2, -0.15) is 0 Å². The molecule has 4 heteroatoms. The van der Waals surface area contributed by atoms with Gasteiger partial charge in [0.1, 0.15) is 0 Å². The maximum absolute atomic E-state index is 11.2. The number of ether oxygens (including phenoxy) is 2. The predicted molar refractivity (Wildman–Crippen MR) is 56.2 cm³/mol. The van der Waals surface area contributed by atoms with Gasteiger partial charge in [-0.15, -0.1) is 0 Å². The normalized spacial score (nSPS) is 10.5. The van der Waals surface area contributed by atoms with E-state index in [1.54, 1.807) is 12.2 Å². The molecule has 0 fully saturated rings. The first-order valence-electron chi connectivity index (χ1n) is 4.50. The van der Waals surface area contributed by atoms with E-state index >= 15 is 0 Å². The fourth-order valence-corrected chi connectivity index (χ4v) is 0.825. The molecule has 0 rings (SSSR count). The number of esters is 2. The second-order valence-corrected chi connectivity index (χ2v) is 3.18. The third-order valence-electron chi connectivity index (χ3n) is 1.63. The Hall–Kier alpha value is -1.58. The summed E-state index contributed by atoms with van der Waals surface area (Å²) < 4.78 is 9.02. The topological polar surface area (TPSA) is 52.6 Å². The monoisotopic (exact) mass is 212 g/mol. The first-order chi connectivity index (χ1) is 7.01. The number of hydrogen-bond acceptors (Lipinski definition) is 4. The molecule has 0 aliphatic carbocycles. The van der Waals surface area contributed by atoms with Crippen molar-refractivity contribution in [2.45, 2.75) is 20.3 Å². The van der Waals surface area contributed by atoms with Crippen molar-refractivity contribution in [2.24, 2.45) is 0 Å². The molecule has 0 aromatic rings. The van der Waals surface area contributed by atoms with Crippen molar-refractivity contribution in [3.05, 3.63) is 23.3 Å². The van der Waals surface area contributed by atoms with Gasteiger partial charge in [-0.05, 0) is 13.8 Å². The first kappa shape index (κ1) is 13.4. The lowest BCUT2D eigenvalue weighted by atomic mass is 10.1. The quantitative estimate of drug-likeness (QED) is 0.403. The third kappa shape index (κ3) is 5.67. The van der Waals surface area contributed by atoms with Gasteiger partial charge in [0, 0.05) is 5.57 Å². The van der Waals surface area contributed by atoms with Gasteiger partial charge >= 0.3 is 11.9 Å². The fourth-order valence-electron chi connectivity index (χ4n) is 0.825. The molecule has 0 amide bonds. The molecule has 0 spiro atoms. The predicted octanol–water partition coefficient (Wildman–Crippen LogP) is 1.62. The van der Waals surface area contributed by atoms with Crippen LogP contribution in [-0.4, -0.2) is 26.2 Å². The summed E-state index contributed by atoms with van der Waals surface area (Å²) in [5, 5.41) is 0. The molecule has 0 unspecified atom stereocenters. The van der Waals surface area contributed by atoms with E-state index in [2.05, 4.69) is 9.47 Å². The SMILES string of the molecule is COC(=O)C/C(=C/C=C(C)C)C(=O)OC. The second kappa shape index (κ2) is 6.81. The van der Waals surface area contributed by atoms with Gasteiger partial charge in [0.15, 0.2) is 0 Å². The molecular weight excluding hydrogens is 196 g/mol. The van der Waals surface area contributed by atoms with Crippen molar-refractivity contribution in [1.82, 2.24) is 0 Å². The van der Waals surface area contributed by atoms with E-state index in [1.165, 1.54) is 14.2 Å². The highest BCUT2D eigenvalue weighted by molar-refractivity contribution is 5.94. The molecule has 0 aromatic carbocycles. The minimum atomic E-state index is -0.516. The van der Waals surface area contributed by atoms with Crippen molar-refractivity contribution >= 4 is 11.9 Å². The highest BCUT2D eigenvalue weighted by Gasteiger charge is 2.13. The maximum Gasteiger partial charge on any atom is 0.334 e. The van der Waals surface area contributed by atoms with Crippen LogP contribution < -0.4 is 0 Å². The summed E-state index contributed by atoms with van der Waals surface area (Å²) in [5.41, 5.74) is 1.31. The zero-order valence-electron chi connectivity index (χ0n) is 9.49. The Morgan fingerprint density at radius 1 is 1.07 bits per heavy atom. The third-order valence-corrected chi connectivity index (χ3v) is 1.63. The molecule has 15 heavy (non-hydrogen) atoms. The Morgan fingerprint density at radius 2 is 1.67 bits per heavy atom. The minimum Gasteiger partial charge on any atom is -0.469 e. The Kier molecular flexibility index (Phi) is 6.09. The van der Waals surface area contributed by atoms with E-state index < -0.39 is 11.9 Å². The van der Waals surface area contributed by atoms with E-state index in [1.807, 2.05) is 13.8 Å². The lowest BCUT2D eigenvalue weighted by Crippen LogP contribution is -2.10. The summed E-state index contributed by atoms with van der Waals surface area (Å²) in [6.45, 7) is 3.78. The van der Waals surface area contributed by atoms with Crippen LogP contribution in [0, 0.1) is 0 Å². The average molecular weight is 212 g/mol. The average Bonchev–Trinajstić information content (AvgIpc) is 2.22. The maximum atomic E-state index is 11.2. The summed E-state index contributed by atoms with van der Waals surface area (Å²) in [5.74, 6) is -0.980. The van der Waals surface area contributed by atoms with Crippen LogP contribution >= 0.6 is 0 Å². The van der Waals surface area contributed by atoms with Crippen LogP contribution in [0.25, 0.3) is 0 Å². The molecule has 0 atom stereocenters. The first-order valence-corrected chi connectivity index (χ1v) is 4.50. The largest absolute Gasteiger partial charge is 0.469 e. The van der Waals surface area contributed by atoms with Crippen molar-refractivity contribution < 1.29 is 19.1 Å². The van der Waals surface area contributed by atoms with Crippen LogP contribution in [0.3, 0.4) is 0 Å². The lowest BCUT2D eigenvalue weighted by molar-refractivity contribution is -0.143. The molecule has 0 N–H and O–H groups in total. The summed E-state index contributed by atoms with van der Waals surface area (Å²) >= 11 is 0. The Morgan fingerprint density at radius 3 is 2.07 bits per heavy atom. The molecule has 0 saturated heterocycles. The van der Waals surface area contributed by atoms with E-state index in [0.717, 1.165) is 5.57 Å². The number of carbonyl (C=O) groups excluding carboxylic acids is 2. The number of allylic oxidation sites excluding steroid dienone is 3. The van der Waals surface area contributed by atoms with Gasteiger partial charge in [-0.3, -0.25) is 4.79 Å². The van der Waals surface area contributed by atoms with Crippen molar-refractivity contribution in [3.63, 3.8) is 0 Å². The van der Waals surface area contributed by atoms with Gasteiger partial charge in [0.2, 0.25) is 0 Å². The fraction of sp³-hybridized carbons (Fsp3) is 0.455. The van der Waals surface area contributed by atoms with E-state index in [0.29, 0.717) is 0 Å². The molecule has 0 bridgehead atoms. The summed E-state index contributed by atoms with van der Waals surface area (Å²) in [7, 11) is 2.55. The molecule has 84 valence electrons. The second-order valence-electron chi connectivity index (χ2n) is 3.18. The number of carbonyl (C=O) groups is 2. The van der Waals surface area contributed by atoms with Gasteiger partial charge in [-0.25, -0.2) is 4.79 Å². The number of hydrogen-bond donors (Lipinski definition) is 0. The van der Waals surface area contributed by atoms with Crippen LogP contribution in [0.2, 0.25) is 0 Å². The standard InChI is InChI=1S/C11H16O4/c1-8(2)5-6-9(11(13)15-4)7-10(12)14-3/h5-6H,7H2,1-4H3/b9-6-.